The van der Waals surface area contributed by atoms with Crippen molar-refractivity contribution in [3.63, 3.8) is 0 Å². The van der Waals surface area contributed by atoms with Crippen LogP contribution < -0.4 is 5.32 Å². The number of nitrogens with one attached hydrogen (secondary N) is 1. The van der Waals surface area contributed by atoms with Gasteiger partial charge in [0, 0.05) is 18.2 Å². The Morgan fingerprint density at radius 2 is 2.22 bits per heavy atom. The number of hydrogen-bond donors (Lipinski definition) is 1. The summed E-state index contributed by atoms with van der Waals surface area (Å²) in [7, 11) is 0. The number of hydrogen-bond acceptors (Lipinski definition) is 3. The molecule has 1 N–H and O–H groups in total. The second-order valence-corrected chi connectivity index (χ2v) is 4.41. The molecule has 96 valence electrons. The van der Waals surface area contributed by atoms with E-state index in [2.05, 4.69) is 5.32 Å². The average molecular weight is 252 g/mol. The van der Waals surface area contributed by atoms with Gasteiger partial charge in [-0.1, -0.05) is 12.8 Å². The van der Waals surface area contributed by atoms with E-state index in [4.69, 9.17) is 0 Å². The topological polar surface area (TPSA) is 72.2 Å². The van der Waals surface area contributed by atoms with Crippen LogP contribution in [0.5, 0.6) is 0 Å². The first-order valence-electron chi connectivity index (χ1n) is 5.80. The van der Waals surface area contributed by atoms with E-state index in [-0.39, 0.29) is 5.56 Å². The number of nitro benzene ring substituents is 1. The van der Waals surface area contributed by atoms with Crippen molar-refractivity contribution in [3.05, 3.63) is 39.7 Å². The van der Waals surface area contributed by atoms with Crippen LogP contribution in [0, 0.1) is 21.8 Å². The van der Waals surface area contributed by atoms with Crippen molar-refractivity contribution in [3.8, 4) is 0 Å². The van der Waals surface area contributed by atoms with E-state index in [0.29, 0.717) is 12.5 Å². The van der Waals surface area contributed by atoms with Gasteiger partial charge in [-0.25, -0.2) is 0 Å². The standard InChI is InChI=1S/C12H13FN2O3/c13-10-7-9(3-4-11(10)15(17)18)12(16)14-6-5-8-1-2-8/h3-4,7-8H,1-2,5-6H2,(H,14,16). The van der Waals surface area contributed by atoms with Crippen LogP contribution in [0.2, 0.25) is 0 Å². The molecule has 1 aliphatic carbocycles. The summed E-state index contributed by atoms with van der Waals surface area (Å²) in [5, 5.41) is 13.1. The zero-order valence-electron chi connectivity index (χ0n) is 9.69. The number of nitro groups is 1. The molecule has 2 rings (SSSR count). The highest BCUT2D eigenvalue weighted by Gasteiger charge is 2.21. The Bertz CT molecular complexity index is 486. The molecule has 1 aromatic rings. The van der Waals surface area contributed by atoms with Gasteiger partial charge in [0.2, 0.25) is 5.82 Å². The summed E-state index contributed by atoms with van der Waals surface area (Å²) < 4.78 is 13.3. The predicted octanol–water partition coefficient (Wildman–Crippen LogP) is 2.26. The van der Waals surface area contributed by atoms with Crippen molar-refractivity contribution in [2.24, 2.45) is 5.92 Å². The molecule has 0 bridgehead atoms. The third-order valence-electron chi connectivity index (χ3n) is 2.94. The summed E-state index contributed by atoms with van der Waals surface area (Å²) in [6, 6.07) is 3.16. The number of nitrogens with zero attached hydrogens (tertiary/aromatic N) is 1. The van der Waals surface area contributed by atoms with E-state index in [1.807, 2.05) is 0 Å². The van der Waals surface area contributed by atoms with E-state index in [1.165, 1.54) is 18.9 Å². The highest BCUT2D eigenvalue weighted by molar-refractivity contribution is 5.94. The smallest absolute Gasteiger partial charge is 0.304 e. The van der Waals surface area contributed by atoms with Gasteiger partial charge in [0.1, 0.15) is 0 Å². The first-order valence-corrected chi connectivity index (χ1v) is 5.80. The fourth-order valence-corrected chi connectivity index (χ4v) is 1.69. The maximum Gasteiger partial charge on any atom is 0.304 e. The second kappa shape index (κ2) is 5.12. The van der Waals surface area contributed by atoms with Crippen LogP contribution in [-0.4, -0.2) is 17.4 Å². The molecule has 5 nitrogen and oxygen atoms in total. The van der Waals surface area contributed by atoms with Crippen molar-refractivity contribution in [2.45, 2.75) is 19.3 Å². The molecule has 6 heteroatoms. The molecule has 0 spiro atoms. The van der Waals surface area contributed by atoms with Gasteiger partial charge in [-0.3, -0.25) is 14.9 Å². The van der Waals surface area contributed by atoms with Gasteiger partial charge in [0.15, 0.2) is 0 Å². The van der Waals surface area contributed by atoms with Crippen LogP contribution in [-0.2, 0) is 0 Å². The summed E-state index contributed by atoms with van der Waals surface area (Å²) in [5.41, 5.74) is -0.515. The summed E-state index contributed by atoms with van der Waals surface area (Å²) >= 11 is 0. The minimum Gasteiger partial charge on any atom is -0.352 e. The SMILES string of the molecule is O=C(NCCC1CC1)c1ccc([N+](=O)[O-])c(F)c1. The number of halogens is 1. The van der Waals surface area contributed by atoms with Crippen molar-refractivity contribution in [2.75, 3.05) is 6.54 Å². The van der Waals surface area contributed by atoms with Crippen LogP contribution in [0.25, 0.3) is 0 Å². The third-order valence-corrected chi connectivity index (χ3v) is 2.94. The number of benzene rings is 1. The van der Waals surface area contributed by atoms with Crippen LogP contribution in [0.3, 0.4) is 0 Å². The molecule has 1 fully saturated rings. The predicted molar refractivity (Wildman–Crippen MR) is 62.7 cm³/mol. The molecule has 0 radical (unpaired) electrons. The summed E-state index contributed by atoms with van der Waals surface area (Å²) in [5.74, 6) is -0.682. The number of amides is 1. The fraction of sp³-hybridized carbons (Fsp3) is 0.417. The van der Waals surface area contributed by atoms with Gasteiger partial charge in [-0.2, -0.15) is 4.39 Å². The van der Waals surface area contributed by atoms with Gasteiger partial charge in [0.25, 0.3) is 5.91 Å². The van der Waals surface area contributed by atoms with E-state index in [0.717, 1.165) is 18.6 Å². The largest absolute Gasteiger partial charge is 0.352 e. The van der Waals surface area contributed by atoms with Crippen LogP contribution in [0.4, 0.5) is 10.1 Å². The molecule has 0 aromatic heterocycles. The fourth-order valence-electron chi connectivity index (χ4n) is 1.69. The monoisotopic (exact) mass is 252 g/mol. The van der Waals surface area contributed by atoms with E-state index < -0.39 is 22.3 Å². The van der Waals surface area contributed by atoms with Crippen molar-refractivity contribution >= 4 is 11.6 Å². The lowest BCUT2D eigenvalue weighted by atomic mass is 10.2. The van der Waals surface area contributed by atoms with Crippen LogP contribution in [0.1, 0.15) is 29.6 Å². The Labute approximate surface area is 103 Å². The molecule has 0 saturated heterocycles. The van der Waals surface area contributed by atoms with E-state index in [1.54, 1.807) is 0 Å². The first kappa shape index (κ1) is 12.5. The highest BCUT2D eigenvalue weighted by Crippen LogP contribution is 2.31. The molecular weight excluding hydrogens is 239 g/mol. The van der Waals surface area contributed by atoms with Crippen molar-refractivity contribution in [1.29, 1.82) is 0 Å². The zero-order chi connectivity index (χ0) is 13.1. The summed E-state index contributed by atoms with van der Waals surface area (Å²) in [6.45, 7) is 0.558. The zero-order valence-corrected chi connectivity index (χ0v) is 9.69. The van der Waals surface area contributed by atoms with Crippen LogP contribution in [0.15, 0.2) is 18.2 Å². The maximum atomic E-state index is 13.3. The molecule has 1 saturated carbocycles. The van der Waals surface area contributed by atoms with E-state index in [9.17, 15) is 19.3 Å². The van der Waals surface area contributed by atoms with Gasteiger partial charge in [-0.15, -0.1) is 0 Å². The Hall–Kier alpha value is -1.98. The molecule has 1 aliphatic rings. The van der Waals surface area contributed by atoms with Crippen molar-refractivity contribution in [1.82, 2.24) is 5.32 Å². The van der Waals surface area contributed by atoms with Gasteiger partial charge >= 0.3 is 5.69 Å². The lowest BCUT2D eigenvalue weighted by molar-refractivity contribution is -0.387. The second-order valence-electron chi connectivity index (χ2n) is 4.41. The maximum absolute atomic E-state index is 13.3. The van der Waals surface area contributed by atoms with Gasteiger partial charge in [0.05, 0.1) is 4.92 Å². The average Bonchev–Trinajstić information content (AvgIpc) is 3.12. The van der Waals surface area contributed by atoms with E-state index >= 15 is 0 Å². The molecule has 1 aromatic carbocycles. The summed E-state index contributed by atoms with van der Waals surface area (Å²) in [6.07, 6.45) is 3.35. The normalized spacial score (nSPS) is 14.3. The minimum atomic E-state index is -0.991. The Morgan fingerprint density at radius 3 is 2.78 bits per heavy atom. The Morgan fingerprint density at radius 1 is 1.50 bits per heavy atom. The number of carbonyl (C=O) groups excluding carboxylic acids is 1. The lowest BCUT2D eigenvalue weighted by Gasteiger charge is -2.04. The third kappa shape index (κ3) is 3.03. The highest BCUT2D eigenvalue weighted by atomic mass is 19.1. The Balaban J connectivity index is 1.96. The van der Waals surface area contributed by atoms with Gasteiger partial charge in [-0.05, 0) is 24.5 Å². The molecule has 18 heavy (non-hydrogen) atoms. The van der Waals surface area contributed by atoms with Crippen molar-refractivity contribution < 1.29 is 14.1 Å². The Kier molecular flexibility index (Phi) is 3.55. The lowest BCUT2D eigenvalue weighted by Crippen LogP contribution is -2.24. The molecule has 0 heterocycles. The van der Waals surface area contributed by atoms with Gasteiger partial charge < -0.3 is 5.32 Å². The number of carbonyl (C=O) groups is 1. The molecule has 0 aliphatic heterocycles. The molecule has 0 atom stereocenters. The molecule has 1 amide bonds. The number of rotatable bonds is 5. The first-order chi connectivity index (χ1) is 8.58. The minimum absolute atomic E-state index is 0.105. The van der Waals surface area contributed by atoms with Crippen LogP contribution >= 0.6 is 0 Å². The quantitative estimate of drug-likeness (QED) is 0.645. The molecular formula is C12H13FN2O3. The molecule has 0 unspecified atom stereocenters. The summed E-state index contributed by atoms with van der Waals surface area (Å²) in [4.78, 5) is 21.2.